The summed E-state index contributed by atoms with van der Waals surface area (Å²) in [6, 6.07) is 8.54. The van der Waals surface area contributed by atoms with Crippen LogP contribution in [0.1, 0.15) is 11.3 Å². The summed E-state index contributed by atoms with van der Waals surface area (Å²) in [4.78, 5) is 4.28. The van der Waals surface area contributed by atoms with E-state index in [1.165, 1.54) is 6.07 Å². The Morgan fingerprint density at radius 3 is 2.59 bits per heavy atom. The molecule has 116 valence electrons. The van der Waals surface area contributed by atoms with Crippen LogP contribution in [0, 0.1) is 6.92 Å². The molecule has 2 heterocycles. The number of benzene rings is 1. The average Bonchev–Trinajstić information content (AvgIpc) is 2.53. The van der Waals surface area contributed by atoms with Crippen molar-refractivity contribution in [2.24, 2.45) is 0 Å². The van der Waals surface area contributed by atoms with Crippen LogP contribution in [0.15, 0.2) is 41.4 Å². The maximum absolute atomic E-state index is 12.5. The highest BCUT2D eigenvalue weighted by molar-refractivity contribution is 7.89. The summed E-state index contributed by atoms with van der Waals surface area (Å²) in [6.45, 7) is 2.75. The van der Waals surface area contributed by atoms with Gasteiger partial charge in [-0.3, -0.25) is 4.98 Å². The number of hydrogen-bond acceptors (Lipinski definition) is 5. The molecule has 0 saturated carbocycles. The van der Waals surface area contributed by atoms with E-state index < -0.39 is 10.0 Å². The number of nitrogens with zero attached hydrogens (tertiary/aromatic N) is 1. The monoisotopic (exact) mass is 320 g/mol. The lowest BCUT2D eigenvalue weighted by Gasteiger charge is -2.20. The van der Waals surface area contributed by atoms with E-state index in [4.69, 9.17) is 9.47 Å². The van der Waals surface area contributed by atoms with E-state index in [2.05, 4.69) is 9.71 Å². The molecule has 0 amide bonds. The van der Waals surface area contributed by atoms with Crippen molar-refractivity contribution in [2.75, 3.05) is 13.2 Å². The van der Waals surface area contributed by atoms with Gasteiger partial charge in [0.25, 0.3) is 0 Å². The van der Waals surface area contributed by atoms with Gasteiger partial charge in [-0.2, -0.15) is 0 Å². The van der Waals surface area contributed by atoms with Crippen LogP contribution in [0.3, 0.4) is 0 Å². The molecule has 3 rings (SSSR count). The molecule has 0 radical (unpaired) electrons. The van der Waals surface area contributed by atoms with Gasteiger partial charge in [-0.1, -0.05) is 6.07 Å². The third kappa shape index (κ3) is 3.05. The number of nitrogens with one attached hydrogen (secondary N) is 1. The molecule has 1 N–H and O–H groups in total. The Kier molecular flexibility index (Phi) is 4.00. The molecular weight excluding hydrogens is 304 g/mol. The van der Waals surface area contributed by atoms with Gasteiger partial charge in [0.2, 0.25) is 10.0 Å². The van der Waals surface area contributed by atoms with E-state index in [-0.39, 0.29) is 11.4 Å². The minimum absolute atomic E-state index is 0.136. The fraction of sp³-hybridized carbons (Fsp3) is 0.267. The zero-order valence-corrected chi connectivity index (χ0v) is 12.9. The van der Waals surface area contributed by atoms with Crippen molar-refractivity contribution in [2.45, 2.75) is 18.4 Å². The molecule has 1 aliphatic rings. The quantitative estimate of drug-likeness (QED) is 0.926. The van der Waals surface area contributed by atoms with Crippen molar-refractivity contribution in [3.05, 3.63) is 47.8 Å². The molecule has 0 atom stereocenters. The highest BCUT2D eigenvalue weighted by atomic mass is 32.2. The molecule has 0 saturated heterocycles. The largest absolute Gasteiger partial charge is 0.486 e. The number of aromatic nitrogens is 1. The molecule has 22 heavy (non-hydrogen) atoms. The Morgan fingerprint density at radius 1 is 1.18 bits per heavy atom. The van der Waals surface area contributed by atoms with Crippen LogP contribution >= 0.6 is 0 Å². The Balaban J connectivity index is 1.85. The molecule has 0 spiro atoms. The number of fused-ring (bicyclic) bond motifs is 1. The number of pyridine rings is 1. The molecule has 6 nitrogen and oxygen atoms in total. The summed E-state index contributed by atoms with van der Waals surface area (Å²) in [7, 11) is -3.65. The van der Waals surface area contributed by atoms with Crippen LogP contribution in [0.25, 0.3) is 0 Å². The standard InChI is InChI=1S/C15H16N2O4S/c1-11-8-13-14(21-7-6-20-13)9-15(11)22(18,19)17-10-12-4-2-3-5-16-12/h2-5,8-9,17H,6-7,10H2,1H3. The molecule has 1 aliphatic heterocycles. The molecular formula is C15H16N2O4S. The molecule has 0 aliphatic carbocycles. The normalized spacial score (nSPS) is 13.9. The van der Waals surface area contributed by atoms with Gasteiger partial charge < -0.3 is 9.47 Å². The summed E-state index contributed by atoms with van der Waals surface area (Å²) in [5, 5.41) is 0. The Bertz CT molecular complexity index is 776. The van der Waals surface area contributed by atoms with Gasteiger partial charge in [-0.05, 0) is 30.7 Å². The van der Waals surface area contributed by atoms with Gasteiger partial charge in [-0.15, -0.1) is 0 Å². The molecule has 7 heteroatoms. The number of hydrogen-bond donors (Lipinski definition) is 1. The van der Waals surface area contributed by atoms with E-state index in [0.717, 1.165) is 0 Å². The minimum Gasteiger partial charge on any atom is -0.486 e. The second-order valence-corrected chi connectivity index (χ2v) is 6.64. The summed E-state index contributed by atoms with van der Waals surface area (Å²) in [5.41, 5.74) is 1.26. The van der Waals surface area contributed by atoms with E-state index >= 15 is 0 Å². The number of aryl methyl sites for hydroxylation is 1. The summed E-state index contributed by atoms with van der Waals surface area (Å²) in [5.74, 6) is 1.03. The van der Waals surface area contributed by atoms with Crippen molar-refractivity contribution >= 4 is 10.0 Å². The first-order valence-electron chi connectivity index (χ1n) is 6.86. The predicted molar refractivity (Wildman–Crippen MR) is 80.4 cm³/mol. The molecule has 0 unspecified atom stereocenters. The van der Waals surface area contributed by atoms with Gasteiger partial charge in [0.05, 0.1) is 17.1 Å². The maximum atomic E-state index is 12.5. The first kappa shape index (κ1) is 14.8. The van der Waals surface area contributed by atoms with Crippen LogP contribution in [0.2, 0.25) is 0 Å². The minimum atomic E-state index is -3.65. The lowest BCUT2D eigenvalue weighted by atomic mass is 10.2. The number of sulfonamides is 1. The molecule has 1 aromatic carbocycles. The van der Waals surface area contributed by atoms with Gasteiger partial charge in [0.15, 0.2) is 11.5 Å². The third-order valence-electron chi connectivity index (χ3n) is 3.30. The van der Waals surface area contributed by atoms with Crippen LogP contribution in [-0.4, -0.2) is 26.6 Å². The van der Waals surface area contributed by atoms with Crippen molar-refractivity contribution in [3.8, 4) is 11.5 Å². The average molecular weight is 320 g/mol. The lowest BCUT2D eigenvalue weighted by molar-refractivity contribution is 0.171. The van der Waals surface area contributed by atoms with Crippen molar-refractivity contribution < 1.29 is 17.9 Å². The highest BCUT2D eigenvalue weighted by Crippen LogP contribution is 2.34. The van der Waals surface area contributed by atoms with Crippen molar-refractivity contribution in [3.63, 3.8) is 0 Å². The smallest absolute Gasteiger partial charge is 0.241 e. The zero-order chi connectivity index (χ0) is 15.6. The van der Waals surface area contributed by atoms with Gasteiger partial charge >= 0.3 is 0 Å². The van der Waals surface area contributed by atoms with Crippen molar-refractivity contribution in [1.29, 1.82) is 0 Å². The topological polar surface area (TPSA) is 77.5 Å². The summed E-state index contributed by atoms with van der Waals surface area (Å²) in [6.07, 6.45) is 1.62. The Hall–Kier alpha value is -2.12. The molecule has 2 aromatic rings. The fourth-order valence-electron chi connectivity index (χ4n) is 2.21. The molecule has 0 fully saturated rings. The zero-order valence-electron chi connectivity index (χ0n) is 12.1. The predicted octanol–water partition coefficient (Wildman–Crippen LogP) is 1.64. The molecule has 0 bridgehead atoms. The first-order valence-corrected chi connectivity index (χ1v) is 8.34. The third-order valence-corrected chi connectivity index (χ3v) is 4.84. The summed E-state index contributed by atoms with van der Waals surface area (Å²) >= 11 is 0. The van der Waals surface area contributed by atoms with E-state index in [1.54, 1.807) is 31.3 Å². The van der Waals surface area contributed by atoms with Gasteiger partial charge in [0.1, 0.15) is 13.2 Å². The van der Waals surface area contributed by atoms with E-state index in [9.17, 15) is 8.42 Å². The van der Waals surface area contributed by atoms with Gasteiger partial charge in [-0.25, -0.2) is 13.1 Å². The lowest BCUT2D eigenvalue weighted by Crippen LogP contribution is -2.25. The Labute approximate surface area is 129 Å². The number of ether oxygens (including phenoxy) is 2. The van der Waals surface area contributed by atoms with Crippen LogP contribution < -0.4 is 14.2 Å². The highest BCUT2D eigenvalue weighted by Gasteiger charge is 2.22. The number of rotatable bonds is 4. The van der Waals surface area contributed by atoms with Gasteiger partial charge in [0, 0.05) is 12.3 Å². The van der Waals surface area contributed by atoms with E-state index in [0.29, 0.717) is 36.0 Å². The SMILES string of the molecule is Cc1cc2c(cc1S(=O)(=O)NCc1ccccn1)OCCO2. The van der Waals surface area contributed by atoms with Crippen LogP contribution in [-0.2, 0) is 16.6 Å². The Morgan fingerprint density at radius 2 is 1.91 bits per heavy atom. The molecule has 1 aromatic heterocycles. The first-order chi connectivity index (χ1) is 10.6. The second kappa shape index (κ2) is 5.94. The van der Waals surface area contributed by atoms with Crippen LogP contribution in [0.5, 0.6) is 11.5 Å². The maximum Gasteiger partial charge on any atom is 0.241 e. The fourth-order valence-corrected chi connectivity index (χ4v) is 3.45. The van der Waals surface area contributed by atoms with Crippen LogP contribution in [0.4, 0.5) is 0 Å². The summed E-state index contributed by atoms with van der Waals surface area (Å²) < 4.78 is 38.4. The second-order valence-electron chi connectivity index (χ2n) is 4.91. The van der Waals surface area contributed by atoms with E-state index in [1.807, 2.05) is 6.07 Å². The van der Waals surface area contributed by atoms with Crippen molar-refractivity contribution in [1.82, 2.24) is 9.71 Å².